The lowest BCUT2D eigenvalue weighted by Gasteiger charge is -2.56. The van der Waals surface area contributed by atoms with Crippen LogP contribution in [0.25, 0.3) is 0 Å². The molecule has 6 nitrogen and oxygen atoms in total. The fourth-order valence-corrected chi connectivity index (χ4v) is 6.67. The molecule has 27 heavy (non-hydrogen) atoms. The molecule has 6 heteroatoms. The Bertz CT molecular complexity index is 766. The van der Waals surface area contributed by atoms with Crippen molar-refractivity contribution in [3.05, 3.63) is 27.9 Å². The van der Waals surface area contributed by atoms with Crippen molar-refractivity contribution in [3.63, 3.8) is 0 Å². The molecule has 146 valence electrons. The minimum absolute atomic E-state index is 0.0534. The van der Waals surface area contributed by atoms with Gasteiger partial charge in [0.2, 0.25) is 0 Å². The van der Waals surface area contributed by atoms with E-state index in [1.54, 1.807) is 11.1 Å². The van der Waals surface area contributed by atoms with Crippen LogP contribution in [0, 0.1) is 17.8 Å². The SMILES string of the molecule is CC[C@H]1CN(C(=O)c2cnc(C34CC5CC(CC(C5)C3)C4)[nH]c2=O)CCN1. The van der Waals surface area contributed by atoms with Crippen LogP contribution in [-0.4, -0.2) is 46.5 Å². The van der Waals surface area contributed by atoms with E-state index in [1.165, 1.54) is 19.3 Å². The third-order valence-electron chi connectivity index (χ3n) is 7.61. The molecule has 1 aliphatic heterocycles. The summed E-state index contributed by atoms with van der Waals surface area (Å²) in [6.07, 6.45) is 10.1. The molecule has 1 aromatic rings. The summed E-state index contributed by atoms with van der Waals surface area (Å²) in [5.41, 5.74) is -0.00904. The van der Waals surface area contributed by atoms with E-state index >= 15 is 0 Å². The molecule has 2 N–H and O–H groups in total. The average Bonchev–Trinajstić information content (AvgIpc) is 2.66. The summed E-state index contributed by atoms with van der Waals surface area (Å²) in [7, 11) is 0. The number of aromatic nitrogens is 2. The van der Waals surface area contributed by atoms with Crippen LogP contribution in [0.3, 0.4) is 0 Å². The van der Waals surface area contributed by atoms with Crippen molar-refractivity contribution in [1.29, 1.82) is 0 Å². The normalized spacial score (nSPS) is 37.6. The summed E-state index contributed by atoms with van der Waals surface area (Å²) in [6, 6.07) is 0.307. The second-order valence-electron chi connectivity index (χ2n) is 9.48. The Balaban J connectivity index is 1.40. The van der Waals surface area contributed by atoms with Gasteiger partial charge in [0.25, 0.3) is 11.5 Å². The van der Waals surface area contributed by atoms with E-state index in [-0.39, 0.29) is 22.4 Å². The number of hydrogen-bond donors (Lipinski definition) is 2. The third kappa shape index (κ3) is 2.93. The van der Waals surface area contributed by atoms with Gasteiger partial charge in [0.05, 0.1) is 0 Å². The minimum atomic E-state index is -0.257. The molecular weight excluding hydrogens is 340 g/mol. The molecule has 1 amide bonds. The Kier molecular flexibility index (Phi) is 4.15. The summed E-state index contributed by atoms with van der Waals surface area (Å²) < 4.78 is 0. The molecule has 1 aromatic heterocycles. The van der Waals surface area contributed by atoms with Gasteiger partial charge in [0, 0.05) is 37.3 Å². The highest BCUT2D eigenvalue weighted by Gasteiger charge is 2.53. The van der Waals surface area contributed by atoms with Crippen molar-refractivity contribution >= 4 is 5.91 Å². The van der Waals surface area contributed by atoms with Gasteiger partial charge >= 0.3 is 0 Å². The molecule has 5 aliphatic rings. The first kappa shape index (κ1) is 17.4. The topological polar surface area (TPSA) is 78.1 Å². The summed E-state index contributed by atoms with van der Waals surface area (Å²) in [5, 5.41) is 3.41. The van der Waals surface area contributed by atoms with Gasteiger partial charge in [-0.1, -0.05) is 6.92 Å². The molecule has 4 saturated carbocycles. The Morgan fingerprint density at radius 2 is 1.89 bits per heavy atom. The highest BCUT2D eigenvalue weighted by Crippen LogP contribution is 2.59. The summed E-state index contributed by atoms with van der Waals surface area (Å²) >= 11 is 0. The van der Waals surface area contributed by atoms with Crippen LogP contribution in [0.4, 0.5) is 0 Å². The number of amides is 1. The number of aromatic amines is 1. The molecule has 0 spiro atoms. The second kappa shape index (κ2) is 6.43. The first-order chi connectivity index (χ1) is 13.1. The second-order valence-corrected chi connectivity index (χ2v) is 9.48. The molecule has 1 atom stereocenters. The average molecular weight is 370 g/mol. The maximum absolute atomic E-state index is 12.9. The molecule has 6 rings (SSSR count). The standard InChI is InChI=1S/C21H30N4O2/c1-2-16-12-25(4-3-22-16)19(27)17-11-23-20(24-18(17)26)21-8-13-5-14(9-21)7-15(6-13)10-21/h11,13-16,22H,2-10,12H2,1H3,(H,23,24,26)/t13?,14?,15?,16-,21?/m0/s1. The quantitative estimate of drug-likeness (QED) is 0.854. The Morgan fingerprint density at radius 3 is 2.48 bits per heavy atom. The number of rotatable bonds is 3. The zero-order valence-electron chi connectivity index (χ0n) is 16.2. The molecule has 0 unspecified atom stereocenters. The largest absolute Gasteiger partial charge is 0.336 e. The van der Waals surface area contributed by atoms with Crippen LogP contribution < -0.4 is 10.9 Å². The van der Waals surface area contributed by atoms with E-state index in [0.29, 0.717) is 19.1 Å². The number of H-pyrrole nitrogens is 1. The number of carbonyl (C=O) groups is 1. The lowest BCUT2D eigenvalue weighted by molar-refractivity contribution is -0.00955. The van der Waals surface area contributed by atoms with Crippen LogP contribution in [0.2, 0.25) is 0 Å². The van der Waals surface area contributed by atoms with Crippen LogP contribution in [-0.2, 0) is 5.41 Å². The maximum Gasteiger partial charge on any atom is 0.263 e. The molecular formula is C21H30N4O2. The van der Waals surface area contributed by atoms with Crippen molar-refractivity contribution in [2.45, 2.75) is 63.3 Å². The lowest BCUT2D eigenvalue weighted by atomic mass is 9.49. The van der Waals surface area contributed by atoms with Gasteiger partial charge in [-0.2, -0.15) is 0 Å². The number of piperazine rings is 1. The number of nitrogens with one attached hydrogen (secondary N) is 2. The van der Waals surface area contributed by atoms with Crippen LogP contribution in [0.15, 0.2) is 11.0 Å². The van der Waals surface area contributed by atoms with Crippen LogP contribution in [0.1, 0.15) is 68.1 Å². The summed E-state index contributed by atoms with van der Waals surface area (Å²) in [5.74, 6) is 3.06. The van der Waals surface area contributed by atoms with Crippen LogP contribution >= 0.6 is 0 Å². The van der Waals surface area contributed by atoms with E-state index in [1.807, 2.05) is 0 Å². The molecule has 4 bridgehead atoms. The predicted octanol–water partition coefficient (Wildman–Crippen LogP) is 2.06. The van der Waals surface area contributed by atoms with Crippen LogP contribution in [0.5, 0.6) is 0 Å². The molecule has 5 fully saturated rings. The van der Waals surface area contributed by atoms with E-state index in [0.717, 1.165) is 55.8 Å². The highest BCUT2D eigenvalue weighted by atomic mass is 16.2. The fourth-order valence-electron chi connectivity index (χ4n) is 6.67. The monoisotopic (exact) mass is 370 g/mol. The van der Waals surface area contributed by atoms with Crippen molar-refractivity contribution in [1.82, 2.24) is 20.2 Å². The zero-order valence-corrected chi connectivity index (χ0v) is 16.2. The zero-order chi connectivity index (χ0) is 18.6. The van der Waals surface area contributed by atoms with Gasteiger partial charge in [-0.05, 0) is 62.7 Å². The summed E-state index contributed by atoms with van der Waals surface area (Å²) in [4.78, 5) is 35.2. The fraction of sp³-hybridized carbons (Fsp3) is 0.762. The summed E-state index contributed by atoms with van der Waals surface area (Å²) in [6.45, 7) is 4.19. The first-order valence-corrected chi connectivity index (χ1v) is 10.7. The minimum Gasteiger partial charge on any atom is -0.336 e. The third-order valence-corrected chi connectivity index (χ3v) is 7.61. The Hall–Kier alpha value is -1.69. The van der Waals surface area contributed by atoms with Gasteiger partial charge in [0.1, 0.15) is 11.4 Å². The van der Waals surface area contributed by atoms with Crippen molar-refractivity contribution in [3.8, 4) is 0 Å². The lowest BCUT2D eigenvalue weighted by Crippen LogP contribution is -2.53. The number of carbonyl (C=O) groups excluding carboxylic acids is 1. The van der Waals surface area contributed by atoms with Crippen molar-refractivity contribution in [2.24, 2.45) is 17.8 Å². The predicted molar refractivity (Wildman–Crippen MR) is 103 cm³/mol. The molecule has 2 heterocycles. The first-order valence-electron chi connectivity index (χ1n) is 10.7. The highest BCUT2D eigenvalue weighted by molar-refractivity contribution is 5.93. The Labute approximate surface area is 160 Å². The molecule has 4 aliphatic carbocycles. The van der Waals surface area contributed by atoms with Gasteiger partial charge in [0.15, 0.2) is 0 Å². The number of nitrogens with zero attached hydrogens (tertiary/aromatic N) is 2. The van der Waals surface area contributed by atoms with Gasteiger partial charge in [-0.15, -0.1) is 0 Å². The van der Waals surface area contributed by atoms with Gasteiger partial charge in [-0.25, -0.2) is 4.98 Å². The van der Waals surface area contributed by atoms with Gasteiger partial charge < -0.3 is 15.2 Å². The van der Waals surface area contributed by atoms with Crippen molar-refractivity contribution in [2.75, 3.05) is 19.6 Å². The van der Waals surface area contributed by atoms with E-state index < -0.39 is 0 Å². The molecule has 0 radical (unpaired) electrons. The van der Waals surface area contributed by atoms with Gasteiger partial charge in [-0.3, -0.25) is 9.59 Å². The van der Waals surface area contributed by atoms with E-state index in [4.69, 9.17) is 0 Å². The molecule has 0 aromatic carbocycles. The molecule has 1 saturated heterocycles. The van der Waals surface area contributed by atoms with Crippen molar-refractivity contribution < 1.29 is 4.79 Å². The Morgan fingerprint density at radius 1 is 1.22 bits per heavy atom. The maximum atomic E-state index is 12.9. The smallest absolute Gasteiger partial charge is 0.263 e. The number of hydrogen-bond acceptors (Lipinski definition) is 4. The van der Waals surface area contributed by atoms with E-state index in [2.05, 4.69) is 22.2 Å². The van der Waals surface area contributed by atoms with E-state index in [9.17, 15) is 9.59 Å².